The van der Waals surface area contributed by atoms with Crippen LogP contribution in [-0.4, -0.2) is 0 Å². The van der Waals surface area contributed by atoms with Crippen LogP contribution in [0.5, 0.6) is 0 Å². The van der Waals surface area contributed by atoms with Crippen molar-refractivity contribution in [2.75, 3.05) is 0 Å². The van der Waals surface area contributed by atoms with E-state index in [-0.39, 0.29) is 0 Å². The van der Waals surface area contributed by atoms with Gasteiger partial charge in [-0.3, -0.25) is 0 Å². The average Bonchev–Trinajstić information content (AvgIpc) is 2.28. The van der Waals surface area contributed by atoms with Gasteiger partial charge in [0.25, 0.3) is 0 Å². The molecular formula is C19H34. The van der Waals surface area contributed by atoms with E-state index in [4.69, 9.17) is 0 Å². The zero-order valence-electron chi connectivity index (χ0n) is 14.5. The fourth-order valence-electron chi connectivity index (χ4n) is 5.12. The zero-order valence-corrected chi connectivity index (χ0v) is 14.5. The van der Waals surface area contributed by atoms with E-state index in [1.165, 1.54) is 31.3 Å². The molecule has 0 aromatic rings. The first-order valence-electron chi connectivity index (χ1n) is 8.02. The van der Waals surface area contributed by atoms with Crippen molar-refractivity contribution in [3.05, 3.63) is 12.2 Å². The quantitative estimate of drug-likeness (QED) is 0.454. The van der Waals surface area contributed by atoms with Crippen LogP contribution in [0, 0.1) is 27.1 Å². The molecule has 0 heteroatoms. The molecule has 0 spiro atoms. The number of rotatable bonds is 0. The molecule has 2 fully saturated rings. The van der Waals surface area contributed by atoms with E-state index < -0.39 is 0 Å². The number of fused-ring (bicyclic) bond motifs is 1. The zero-order chi connectivity index (χ0) is 14.9. The van der Waals surface area contributed by atoms with Gasteiger partial charge in [-0.05, 0) is 52.8 Å². The summed E-state index contributed by atoms with van der Waals surface area (Å²) in [5.41, 5.74) is 3.26. The third-order valence-corrected chi connectivity index (χ3v) is 8.27. The summed E-state index contributed by atoms with van der Waals surface area (Å²) in [5, 5.41) is 0. The molecule has 1 unspecified atom stereocenters. The first kappa shape index (κ1) is 15.1. The van der Waals surface area contributed by atoms with Gasteiger partial charge in [0, 0.05) is 0 Å². The van der Waals surface area contributed by atoms with Crippen molar-refractivity contribution in [1.29, 1.82) is 0 Å². The van der Waals surface area contributed by atoms with E-state index in [0.717, 1.165) is 0 Å². The molecule has 0 aromatic carbocycles. The van der Waals surface area contributed by atoms with E-state index in [9.17, 15) is 0 Å². The Morgan fingerprint density at radius 1 is 0.737 bits per heavy atom. The lowest BCUT2D eigenvalue weighted by Crippen LogP contribution is -2.62. The summed E-state index contributed by atoms with van der Waals surface area (Å²) < 4.78 is 0. The Labute approximate surface area is 121 Å². The Morgan fingerprint density at radius 2 is 1.26 bits per heavy atom. The molecule has 110 valence electrons. The first-order chi connectivity index (χ1) is 8.32. The van der Waals surface area contributed by atoms with Crippen LogP contribution in [0.2, 0.25) is 0 Å². The molecule has 2 saturated carbocycles. The van der Waals surface area contributed by atoms with Crippen molar-refractivity contribution in [3.63, 3.8) is 0 Å². The smallest absolute Gasteiger partial charge is 0.00545 e. The molecule has 2 aliphatic rings. The lowest BCUT2D eigenvalue weighted by Gasteiger charge is -2.70. The first-order valence-corrected chi connectivity index (χ1v) is 8.02. The van der Waals surface area contributed by atoms with Crippen molar-refractivity contribution >= 4 is 0 Å². The highest BCUT2D eigenvalue weighted by Crippen LogP contribution is 2.74. The van der Waals surface area contributed by atoms with Gasteiger partial charge in [0.2, 0.25) is 0 Å². The van der Waals surface area contributed by atoms with Crippen LogP contribution < -0.4 is 0 Å². The molecule has 0 heterocycles. The fourth-order valence-corrected chi connectivity index (χ4v) is 5.12. The highest BCUT2D eigenvalue weighted by atomic mass is 14.7. The summed E-state index contributed by atoms with van der Waals surface area (Å²) in [5.74, 6) is 0. The summed E-state index contributed by atoms with van der Waals surface area (Å²) in [7, 11) is 0. The molecule has 0 amide bonds. The molecule has 2 rings (SSSR count). The maximum absolute atomic E-state index is 4.58. The van der Waals surface area contributed by atoms with E-state index in [1.807, 2.05) is 0 Å². The molecule has 0 N–H and O–H groups in total. The van der Waals surface area contributed by atoms with E-state index in [1.54, 1.807) is 0 Å². The highest BCUT2D eigenvalue weighted by molar-refractivity contribution is 5.29. The Kier molecular flexibility index (Phi) is 2.93. The minimum Gasteiger partial charge on any atom is -0.0987 e. The van der Waals surface area contributed by atoms with Crippen molar-refractivity contribution < 1.29 is 0 Å². The van der Waals surface area contributed by atoms with Gasteiger partial charge >= 0.3 is 0 Å². The van der Waals surface area contributed by atoms with E-state index in [0.29, 0.717) is 27.1 Å². The second-order valence-corrected chi connectivity index (χ2v) is 9.54. The van der Waals surface area contributed by atoms with Gasteiger partial charge in [0.1, 0.15) is 0 Å². The maximum atomic E-state index is 4.58. The molecule has 0 radical (unpaired) electrons. The van der Waals surface area contributed by atoms with Crippen LogP contribution in [0.25, 0.3) is 0 Å². The maximum Gasteiger partial charge on any atom is -0.00545 e. The van der Waals surface area contributed by atoms with Crippen molar-refractivity contribution in [3.8, 4) is 0 Å². The summed E-state index contributed by atoms with van der Waals surface area (Å²) in [6, 6.07) is 0. The molecule has 2 atom stereocenters. The number of allylic oxidation sites excluding steroid dienone is 1. The summed E-state index contributed by atoms with van der Waals surface area (Å²) >= 11 is 0. The second-order valence-electron chi connectivity index (χ2n) is 9.54. The van der Waals surface area contributed by atoms with Crippen molar-refractivity contribution in [2.45, 2.75) is 81.1 Å². The summed E-state index contributed by atoms with van der Waals surface area (Å²) in [6.45, 7) is 24.4. The number of hydrogen-bond donors (Lipinski definition) is 0. The van der Waals surface area contributed by atoms with Gasteiger partial charge in [0.15, 0.2) is 0 Å². The van der Waals surface area contributed by atoms with E-state index in [2.05, 4.69) is 62.0 Å². The minimum atomic E-state index is 0.299. The van der Waals surface area contributed by atoms with Gasteiger partial charge in [-0.25, -0.2) is 0 Å². The predicted octanol–water partition coefficient (Wildman–Crippen LogP) is 6.22. The monoisotopic (exact) mass is 262 g/mol. The summed E-state index contributed by atoms with van der Waals surface area (Å²) in [4.78, 5) is 0. The predicted molar refractivity (Wildman–Crippen MR) is 85.2 cm³/mol. The average molecular weight is 262 g/mol. The Balaban J connectivity index is 2.58. The Bertz CT molecular complexity index is 410. The molecule has 0 aromatic heterocycles. The van der Waals surface area contributed by atoms with Crippen LogP contribution in [0.1, 0.15) is 81.1 Å². The van der Waals surface area contributed by atoms with Crippen LogP contribution in [0.15, 0.2) is 12.2 Å². The van der Waals surface area contributed by atoms with Crippen molar-refractivity contribution in [2.24, 2.45) is 27.1 Å². The van der Waals surface area contributed by atoms with Gasteiger partial charge in [-0.2, -0.15) is 0 Å². The Morgan fingerprint density at radius 3 is 1.79 bits per heavy atom. The van der Waals surface area contributed by atoms with Gasteiger partial charge in [0.05, 0.1) is 0 Å². The lowest BCUT2D eigenvalue weighted by molar-refractivity contribution is -0.172. The van der Waals surface area contributed by atoms with Crippen LogP contribution in [0.4, 0.5) is 0 Å². The number of hydrogen-bond acceptors (Lipinski definition) is 0. The van der Waals surface area contributed by atoms with Crippen LogP contribution >= 0.6 is 0 Å². The topological polar surface area (TPSA) is 0 Å². The highest BCUT2D eigenvalue weighted by Gasteiger charge is 2.65. The van der Waals surface area contributed by atoms with Gasteiger partial charge in [-0.15, -0.1) is 0 Å². The van der Waals surface area contributed by atoms with E-state index >= 15 is 0 Å². The molecule has 0 aliphatic heterocycles. The lowest BCUT2D eigenvalue weighted by atomic mass is 9.34. The Hall–Kier alpha value is -0.260. The molecular weight excluding hydrogens is 228 g/mol. The van der Waals surface area contributed by atoms with Gasteiger partial charge in [-0.1, -0.05) is 67.5 Å². The van der Waals surface area contributed by atoms with Gasteiger partial charge < -0.3 is 0 Å². The SMILES string of the molecule is C=C1C(C)(C)CC[C@]2(C)C1(C)CCC(C)(C)C2(C)C. The molecule has 2 aliphatic carbocycles. The second kappa shape index (κ2) is 3.68. The van der Waals surface area contributed by atoms with Crippen LogP contribution in [-0.2, 0) is 0 Å². The normalized spacial score (nSPS) is 43.7. The fraction of sp³-hybridized carbons (Fsp3) is 0.895. The standard InChI is InChI=1S/C19H34/c1-14-15(2,3)10-13-19(9)17(6,7)16(4,5)11-12-18(14,19)8/h1,10-13H2,2-9H3/t18?,19-/m0/s1. The molecule has 0 nitrogen and oxygen atoms in total. The van der Waals surface area contributed by atoms with Crippen molar-refractivity contribution in [1.82, 2.24) is 0 Å². The largest absolute Gasteiger partial charge is 0.0987 e. The molecule has 19 heavy (non-hydrogen) atoms. The minimum absolute atomic E-state index is 0.299. The molecule has 0 bridgehead atoms. The van der Waals surface area contributed by atoms with Crippen LogP contribution in [0.3, 0.4) is 0 Å². The third-order valence-electron chi connectivity index (χ3n) is 8.27. The third kappa shape index (κ3) is 1.58. The summed E-state index contributed by atoms with van der Waals surface area (Å²) in [6.07, 6.45) is 5.26. The molecule has 0 saturated heterocycles.